The van der Waals surface area contributed by atoms with Crippen molar-refractivity contribution < 1.29 is 0 Å². The Morgan fingerprint density at radius 2 is 1.69 bits per heavy atom. The average molecular weight is 222 g/mol. The first-order valence-corrected chi connectivity index (χ1v) is 7.29. The van der Waals surface area contributed by atoms with Crippen molar-refractivity contribution in [1.82, 2.24) is 5.32 Å². The van der Waals surface area contributed by atoms with Gasteiger partial charge in [0.2, 0.25) is 0 Å². The van der Waals surface area contributed by atoms with Crippen molar-refractivity contribution >= 4 is 0 Å². The minimum absolute atomic E-state index is 0.495. The molecular formula is C14H26N2. The molecule has 0 saturated heterocycles. The van der Waals surface area contributed by atoms with Crippen LogP contribution in [0.1, 0.15) is 44.9 Å². The number of hydrogen-bond donors (Lipinski definition) is 2. The van der Waals surface area contributed by atoms with Crippen LogP contribution in [0.3, 0.4) is 0 Å². The van der Waals surface area contributed by atoms with Crippen LogP contribution in [0.15, 0.2) is 0 Å². The third-order valence-electron chi connectivity index (χ3n) is 4.85. The predicted octanol–water partition coefficient (Wildman–Crippen LogP) is 2.14. The summed E-state index contributed by atoms with van der Waals surface area (Å²) in [5, 5.41) is 3.74. The van der Waals surface area contributed by atoms with Gasteiger partial charge in [0.15, 0.2) is 0 Å². The fraction of sp³-hybridized carbons (Fsp3) is 1.00. The Bertz CT molecular complexity index is 221. The highest BCUT2D eigenvalue weighted by molar-refractivity contribution is 4.92. The lowest BCUT2D eigenvalue weighted by Crippen LogP contribution is -2.30. The first kappa shape index (κ1) is 11.0. The number of nitrogens with two attached hydrogens (primary N) is 1. The van der Waals surface area contributed by atoms with Crippen molar-refractivity contribution in [2.45, 2.75) is 51.0 Å². The van der Waals surface area contributed by atoms with Gasteiger partial charge in [0.25, 0.3) is 0 Å². The summed E-state index contributed by atoms with van der Waals surface area (Å²) < 4.78 is 0. The normalized spacial score (nSPS) is 34.9. The van der Waals surface area contributed by atoms with Crippen molar-refractivity contribution in [3.63, 3.8) is 0 Å². The highest BCUT2D eigenvalue weighted by atomic mass is 14.9. The van der Waals surface area contributed by atoms with E-state index in [9.17, 15) is 0 Å². The molecule has 0 aromatic heterocycles. The topological polar surface area (TPSA) is 38.0 Å². The molecule has 92 valence electrons. The van der Waals surface area contributed by atoms with Gasteiger partial charge in [-0.2, -0.15) is 0 Å². The molecule has 0 amide bonds. The molecule has 0 radical (unpaired) electrons. The van der Waals surface area contributed by atoms with E-state index in [1.807, 2.05) is 0 Å². The lowest BCUT2D eigenvalue weighted by Gasteiger charge is -2.18. The fourth-order valence-corrected chi connectivity index (χ4v) is 3.52. The molecule has 2 heteroatoms. The van der Waals surface area contributed by atoms with Crippen LogP contribution in [0.5, 0.6) is 0 Å². The summed E-state index contributed by atoms with van der Waals surface area (Å²) in [5.74, 6) is 4.07. The van der Waals surface area contributed by atoms with Gasteiger partial charge in [0.1, 0.15) is 0 Å². The van der Waals surface area contributed by atoms with Crippen molar-refractivity contribution in [2.24, 2.45) is 29.4 Å². The summed E-state index contributed by atoms with van der Waals surface area (Å²) in [4.78, 5) is 0. The summed E-state index contributed by atoms with van der Waals surface area (Å²) in [6, 6.07) is 0.495. The molecule has 0 bridgehead atoms. The molecule has 2 atom stereocenters. The number of nitrogens with one attached hydrogen (secondary N) is 1. The summed E-state index contributed by atoms with van der Waals surface area (Å²) in [5.41, 5.74) is 5.95. The monoisotopic (exact) mass is 222 g/mol. The Kier molecular flexibility index (Phi) is 3.21. The van der Waals surface area contributed by atoms with Gasteiger partial charge >= 0.3 is 0 Å². The molecule has 0 aromatic carbocycles. The first-order chi connectivity index (χ1) is 7.83. The van der Waals surface area contributed by atoms with E-state index in [1.165, 1.54) is 58.0 Å². The van der Waals surface area contributed by atoms with Gasteiger partial charge in [-0.3, -0.25) is 0 Å². The standard InChI is InChI=1S/C14H26N2/c15-13-6-1-10(7-13)8-16-9-14(11-2-3-11)12-4-5-12/h10-14,16H,1-9,15H2. The summed E-state index contributed by atoms with van der Waals surface area (Å²) >= 11 is 0. The van der Waals surface area contributed by atoms with Gasteiger partial charge in [-0.25, -0.2) is 0 Å². The molecule has 2 unspecified atom stereocenters. The minimum Gasteiger partial charge on any atom is -0.328 e. The third-order valence-corrected chi connectivity index (χ3v) is 4.85. The maximum Gasteiger partial charge on any atom is 0.00420 e. The van der Waals surface area contributed by atoms with Gasteiger partial charge < -0.3 is 11.1 Å². The van der Waals surface area contributed by atoms with E-state index in [4.69, 9.17) is 5.73 Å². The third kappa shape index (κ3) is 2.78. The minimum atomic E-state index is 0.495. The predicted molar refractivity (Wildman–Crippen MR) is 67.1 cm³/mol. The van der Waals surface area contributed by atoms with E-state index in [-0.39, 0.29) is 0 Å². The second kappa shape index (κ2) is 4.66. The van der Waals surface area contributed by atoms with Crippen molar-refractivity contribution in [3.8, 4) is 0 Å². The second-order valence-electron chi connectivity index (χ2n) is 6.44. The van der Waals surface area contributed by atoms with E-state index in [0.29, 0.717) is 6.04 Å². The molecule has 0 aliphatic heterocycles. The molecule has 3 rings (SSSR count). The second-order valence-corrected chi connectivity index (χ2v) is 6.44. The molecule has 3 aliphatic carbocycles. The van der Waals surface area contributed by atoms with Gasteiger partial charge in [0, 0.05) is 6.04 Å². The maximum absolute atomic E-state index is 5.95. The lowest BCUT2D eigenvalue weighted by atomic mass is 9.97. The molecule has 0 heterocycles. The Morgan fingerprint density at radius 3 is 2.19 bits per heavy atom. The SMILES string of the molecule is NC1CCC(CNCC(C2CC2)C2CC2)C1. The molecule has 2 nitrogen and oxygen atoms in total. The quantitative estimate of drug-likeness (QED) is 0.722. The largest absolute Gasteiger partial charge is 0.328 e. The molecule has 3 saturated carbocycles. The van der Waals surface area contributed by atoms with E-state index in [1.54, 1.807) is 0 Å². The number of hydrogen-bond acceptors (Lipinski definition) is 2. The van der Waals surface area contributed by atoms with Crippen LogP contribution in [-0.4, -0.2) is 19.1 Å². The lowest BCUT2D eigenvalue weighted by molar-refractivity contribution is 0.360. The fourth-order valence-electron chi connectivity index (χ4n) is 3.52. The molecule has 0 aromatic rings. The van der Waals surface area contributed by atoms with Gasteiger partial charge in [0.05, 0.1) is 0 Å². The Labute approximate surface area is 99.4 Å². The summed E-state index contributed by atoms with van der Waals surface area (Å²) in [6.45, 7) is 2.52. The van der Waals surface area contributed by atoms with E-state index in [0.717, 1.165) is 23.7 Å². The van der Waals surface area contributed by atoms with Gasteiger partial charge in [-0.05, 0) is 81.7 Å². The highest BCUT2D eigenvalue weighted by Crippen LogP contribution is 2.48. The number of rotatable bonds is 6. The van der Waals surface area contributed by atoms with Crippen LogP contribution in [0.4, 0.5) is 0 Å². The zero-order chi connectivity index (χ0) is 11.0. The smallest absolute Gasteiger partial charge is 0.00420 e. The average Bonchev–Trinajstić information content (AvgIpc) is 3.15. The molecule has 3 N–H and O–H groups in total. The van der Waals surface area contributed by atoms with Crippen LogP contribution in [0, 0.1) is 23.7 Å². The van der Waals surface area contributed by atoms with Crippen LogP contribution in [0.2, 0.25) is 0 Å². The van der Waals surface area contributed by atoms with E-state index >= 15 is 0 Å². The maximum atomic E-state index is 5.95. The zero-order valence-corrected chi connectivity index (χ0v) is 10.3. The zero-order valence-electron chi connectivity index (χ0n) is 10.3. The van der Waals surface area contributed by atoms with Crippen molar-refractivity contribution in [2.75, 3.05) is 13.1 Å². The summed E-state index contributed by atoms with van der Waals surface area (Å²) in [7, 11) is 0. The van der Waals surface area contributed by atoms with Crippen molar-refractivity contribution in [3.05, 3.63) is 0 Å². The van der Waals surface area contributed by atoms with Crippen LogP contribution in [0.25, 0.3) is 0 Å². The summed E-state index contributed by atoms with van der Waals surface area (Å²) in [6.07, 6.45) is 9.90. The molecule has 3 aliphatic rings. The van der Waals surface area contributed by atoms with Gasteiger partial charge in [-0.15, -0.1) is 0 Å². The van der Waals surface area contributed by atoms with Crippen LogP contribution < -0.4 is 11.1 Å². The van der Waals surface area contributed by atoms with Gasteiger partial charge in [-0.1, -0.05) is 0 Å². The highest BCUT2D eigenvalue weighted by Gasteiger charge is 2.40. The molecular weight excluding hydrogens is 196 g/mol. The molecule has 0 spiro atoms. The van der Waals surface area contributed by atoms with Crippen LogP contribution in [-0.2, 0) is 0 Å². The first-order valence-electron chi connectivity index (χ1n) is 7.29. The molecule has 3 fully saturated rings. The Morgan fingerprint density at radius 1 is 1.00 bits per heavy atom. The molecule has 16 heavy (non-hydrogen) atoms. The van der Waals surface area contributed by atoms with Crippen molar-refractivity contribution in [1.29, 1.82) is 0 Å². The van der Waals surface area contributed by atoms with Crippen LogP contribution >= 0.6 is 0 Å². The van der Waals surface area contributed by atoms with E-state index in [2.05, 4.69) is 5.32 Å². The van der Waals surface area contributed by atoms with E-state index < -0.39 is 0 Å². The Balaban J connectivity index is 1.35. The Hall–Kier alpha value is -0.0800.